The molecule has 0 heterocycles. The van der Waals surface area contributed by atoms with Crippen molar-refractivity contribution in [1.29, 1.82) is 0 Å². The fraction of sp³-hybridized carbons (Fsp3) is 0.923. The summed E-state index contributed by atoms with van der Waals surface area (Å²) in [5.41, 5.74) is 5.19. The van der Waals surface area contributed by atoms with Gasteiger partial charge in [-0.15, -0.1) is 0 Å². The molecular formula is C13H23NO2. The SMILES string of the molecule is CC(C)(C)OC(=O)[C@]1(N)CC2CCC1CC2. The van der Waals surface area contributed by atoms with Gasteiger partial charge in [-0.1, -0.05) is 12.8 Å². The molecule has 3 nitrogen and oxygen atoms in total. The van der Waals surface area contributed by atoms with E-state index in [1.807, 2.05) is 20.8 Å². The first-order valence-corrected chi connectivity index (χ1v) is 6.33. The molecule has 2 N–H and O–H groups in total. The molecule has 3 fully saturated rings. The summed E-state index contributed by atoms with van der Waals surface area (Å²) in [6, 6.07) is 0. The Balaban J connectivity index is 2.10. The molecule has 0 saturated heterocycles. The molecule has 3 aliphatic carbocycles. The molecule has 0 radical (unpaired) electrons. The van der Waals surface area contributed by atoms with Gasteiger partial charge >= 0.3 is 5.97 Å². The lowest BCUT2D eigenvalue weighted by Gasteiger charge is -2.48. The molecule has 3 aliphatic rings. The van der Waals surface area contributed by atoms with Crippen molar-refractivity contribution in [2.24, 2.45) is 17.6 Å². The second kappa shape index (κ2) is 3.73. The maximum atomic E-state index is 12.2. The highest BCUT2D eigenvalue weighted by molar-refractivity contribution is 5.81. The van der Waals surface area contributed by atoms with Crippen molar-refractivity contribution in [2.75, 3.05) is 0 Å². The monoisotopic (exact) mass is 225 g/mol. The Kier molecular flexibility index (Phi) is 2.77. The summed E-state index contributed by atoms with van der Waals surface area (Å²) >= 11 is 0. The van der Waals surface area contributed by atoms with Crippen LogP contribution in [-0.4, -0.2) is 17.1 Å². The second-order valence-corrected chi connectivity index (χ2v) is 6.46. The third kappa shape index (κ3) is 2.10. The number of rotatable bonds is 1. The van der Waals surface area contributed by atoms with Crippen LogP contribution in [-0.2, 0) is 9.53 Å². The predicted molar refractivity (Wildman–Crippen MR) is 62.8 cm³/mol. The predicted octanol–water partition coefficient (Wildman–Crippen LogP) is 2.24. The van der Waals surface area contributed by atoms with Crippen LogP contribution in [0.15, 0.2) is 0 Å². The van der Waals surface area contributed by atoms with E-state index in [-0.39, 0.29) is 5.97 Å². The highest BCUT2D eigenvalue weighted by Gasteiger charge is 2.51. The molecule has 0 unspecified atom stereocenters. The van der Waals surface area contributed by atoms with Gasteiger partial charge in [-0.3, -0.25) is 4.79 Å². The van der Waals surface area contributed by atoms with Crippen molar-refractivity contribution in [2.45, 2.75) is 64.0 Å². The molecule has 3 heteroatoms. The Morgan fingerprint density at radius 1 is 1.25 bits per heavy atom. The molecule has 0 aliphatic heterocycles. The minimum atomic E-state index is -0.700. The number of esters is 1. The molecule has 3 saturated carbocycles. The van der Waals surface area contributed by atoms with E-state index in [4.69, 9.17) is 10.5 Å². The van der Waals surface area contributed by atoms with E-state index in [0.29, 0.717) is 11.8 Å². The first-order valence-electron chi connectivity index (χ1n) is 6.33. The van der Waals surface area contributed by atoms with Crippen LogP contribution >= 0.6 is 0 Å². The average Bonchev–Trinajstić information content (AvgIpc) is 2.16. The minimum absolute atomic E-state index is 0.186. The molecule has 3 rings (SSSR count). The van der Waals surface area contributed by atoms with Gasteiger partial charge in [0, 0.05) is 0 Å². The van der Waals surface area contributed by atoms with Crippen LogP contribution in [0.25, 0.3) is 0 Å². The third-order valence-corrected chi connectivity index (χ3v) is 3.98. The molecule has 0 amide bonds. The highest BCUT2D eigenvalue weighted by Crippen LogP contribution is 2.46. The van der Waals surface area contributed by atoms with Gasteiger partial charge in [0.1, 0.15) is 11.1 Å². The number of nitrogens with two attached hydrogens (primary N) is 1. The van der Waals surface area contributed by atoms with Gasteiger partial charge in [0.25, 0.3) is 0 Å². The summed E-state index contributed by atoms with van der Waals surface area (Å²) < 4.78 is 5.47. The third-order valence-electron chi connectivity index (χ3n) is 3.98. The van der Waals surface area contributed by atoms with Gasteiger partial charge in [0.2, 0.25) is 0 Å². The lowest BCUT2D eigenvalue weighted by molar-refractivity contribution is -0.168. The number of carbonyl (C=O) groups excluding carboxylic acids is 1. The van der Waals surface area contributed by atoms with E-state index in [1.54, 1.807) is 0 Å². The molecule has 16 heavy (non-hydrogen) atoms. The fourth-order valence-electron chi connectivity index (χ4n) is 3.15. The smallest absolute Gasteiger partial charge is 0.326 e. The molecule has 0 aromatic rings. The van der Waals surface area contributed by atoms with Gasteiger partial charge < -0.3 is 10.5 Å². The van der Waals surface area contributed by atoms with E-state index in [1.165, 1.54) is 12.8 Å². The quantitative estimate of drug-likeness (QED) is 0.696. The zero-order valence-corrected chi connectivity index (χ0v) is 10.6. The molecule has 0 spiro atoms. The second-order valence-electron chi connectivity index (χ2n) is 6.46. The van der Waals surface area contributed by atoms with Gasteiger partial charge in [0.05, 0.1) is 0 Å². The number of ether oxygens (including phenoxy) is 1. The molecule has 0 aromatic heterocycles. The molecule has 92 valence electrons. The summed E-state index contributed by atoms with van der Waals surface area (Å²) in [6.07, 6.45) is 5.51. The highest BCUT2D eigenvalue weighted by atomic mass is 16.6. The van der Waals surface area contributed by atoms with Crippen molar-refractivity contribution >= 4 is 5.97 Å². The van der Waals surface area contributed by atoms with Gasteiger partial charge in [-0.05, 0) is 51.9 Å². The fourth-order valence-corrected chi connectivity index (χ4v) is 3.15. The van der Waals surface area contributed by atoms with Gasteiger partial charge in [-0.2, -0.15) is 0 Å². The summed E-state index contributed by atoms with van der Waals surface area (Å²) in [7, 11) is 0. The zero-order chi connectivity index (χ0) is 12.0. The zero-order valence-electron chi connectivity index (χ0n) is 10.6. The summed E-state index contributed by atoms with van der Waals surface area (Å²) in [5, 5.41) is 0. The first kappa shape index (κ1) is 11.9. The van der Waals surface area contributed by atoms with Crippen LogP contribution in [0, 0.1) is 11.8 Å². The summed E-state index contributed by atoms with van der Waals surface area (Å²) in [6.45, 7) is 5.69. The van der Waals surface area contributed by atoms with Crippen molar-refractivity contribution in [1.82, 2.24) is 0 Å². The Morgan fingerprint density at radius 3 is 2.19 bits per heavy atom. The number of hydrogen-bond donors (Lipinski definition) is 1. The van der Waals surface area contributed by atoms with E-state index in [9.17, 15) is 4.79 Å². The lowest BCUT2D eigenvalue weighted by Crippen LogP contribution is -2.61. The number of fused-ring (bicyclic) bond motifs is 3. The number of carbonyl (C=O) groups is 1. The Morgan fingerprint density at radius 2 is 1.81 bits per heavy atom. The molecule has 0 aromatic carbocycles. The van der Waals surface area contributed by atoms with Crippen LogP contribution in [0.4, 0.5) is 0 Å². The molecular weight excluding hydrogens is 202 g/mol. The van der Waals surface area contributed by atoms with Gasteiger partial charge in [0.15, 0.2) is 0 Å². The summed E-state index contributed by atoms with van der Waals surface area (Å²) in [5.74, 6) is 0.796. The van der Waals surface area contributed by atoms with Crippen LogP contribution < -0.4 is 5.73 Å². The van der Waals surface area contributed by atoms with E-state index in [2.05, 4.69) is 0 Å². The van der Waals surface area contributed by atoms with Crippen LogP contribution in [0.5, 0.6) is 0 Å². The van der Waals surface area contributed by atoms with E-state index >= 15 is 0 Å². The Labute approximate surface area is 97.7 Å². The van der Waals surface area contributed by atoms with Crippen LogP contribution in [0.2, 0.25) is 0 Å². The standard InChI is InChI=1S/C13H23NO2/c1-12(2,3)16-11(15)13(14)8-9-4-6-10(13)7-5-9/h9-10H,4-8,14H2,1-3H3/t9?,10?,13-/m0/s1. The lowest BCUT2D eigenvalue weighted by atomic mass is 9.60. The van der Waals surface area contributed by atoms with Crippen molar-refractivity contribution in [3.8, 4) is 0 Å². The normalized spacial score (nSPS) is 38.5. The maximum absolute atomic E-state index is 12.2. The van der Waals surface area contributed by atoms with E-state index < -0.39 is 11.1 Å². The van der Waals surface area contributed by atoms with Crippen molar-refractivity contribution in [3.63, 3.8) is 0 Å². The molecule has 1 atom stereocenters. The van der Waals surface area contributed by atoms with Crippen molar-refractivity contribution in [3.05, 3.63) is 0 Å². The minimum Gasteiger partial charge on any atom is -0.459 e. The van der Waals surface area contributed by atoms with Crippen LogP contribution in [0.3, 0.4) is 0 Å². The maximum Gasteiger partial charge on any atom is 0.326 e. The van der Waals surface area contributed by atoms with Gasteiger partial charge in [-0.25, -0.2) is 0 Å². The topological polar surface area (TPSA) is 52.3 Å². The average molecular weight is 225 g/mol. The van der Waals surface area contributed by atoms with Crippen LogP contribution in [0.1, 0.15) is 52.9 Å². The largest absolute Gasteiger partial charge is 0.459 e. The first-order chi connectivity index (χ1) is 7.31. The Hall–Kier alpha value is -0.570. The van der Waals surface area contributed by atoms with E-state index in [0.717, 1.165) is 19.3 Å². The summed E-state index contributed by atoms with van der Waals surface area (Å²) in [4.78, 5) is 12.2. The van der Waals surface area contributed by atoms with Crippen molar-refractivity contribution < 1.29 is 9.53 Å². The Bertz CT molecular complexity index is 287. The number of hydrogen-bond acceptors (Lipinski definition) is 3. The molecule has 2 bridgehead atoms.